The van der Waals surface area contributed by atoms with Gasteiger partial charge in [-0.1, -0.05) is 18.2 Å². The Morgan fingerprint density at radius 2 is 1.89 bits per heavy atom. The number of amides is 1. The molecule has 0 unspecified atom stereocenters. The number of anilines is 1. The molecule has 1 amide bonds. The third-order valence-electron chi connectivity index (χ3n) is 4.82. The van der Waals surface area contributed by atoms with E-state index in [-0.39, 0.29) is 5.91 Å². The number of fused-ring (bicyclic) bond motifs is 1. The van der Waals surface area contributed by atoms with E-state index in [9.17, 15) is 4.79 Å². The average molecular weight is 379 g/mol. The molecule has 4 rings (SSSR count). The van der Waals surface area contributed by atoms with Gasteiger partial charge in [-0.05, 0) is 35.9 Å². The highest BCUT2D eigenvalue weighted by molar-refractivity contribution is 7.13. The number of hydrogen-bond donors (Lipinski definition) is 0. The number of carbonyl (C=O) groups excluding carboxylic acids is 1. The Morgan fingerprint density at radius 1 is 1.11 bits per heavy atom. The summed E-state index contributed by atoms with van der Waals surface area (Å²) >= 11 is 1.49. The molecule has 0 saturated heterocycles. The maximum Gasteiger partial charge on any atom is 0.273 e. The number of hydrogen-bond acceptors (Lipinski definition) is 5. The van der Waals surface area contributed by atoms with Gasteiger partial charge in [-0.15, -0.1) is 11.3 Å². The number of benzene rings is 2. The predicted octanol–water partition coefficient (Wildman–Crippen LogP) is 3.91. The van der Waals surface area contributed by atoms with Crippen molar-refractivity contribution in [3.05, 3.63) is 65.2 Å². The minimum absolute atomic E-state index is 0.0175. The van der Waals surface area contributed by atoms with E-state index in [0.29, 0.717) is 18.8 Å². The zero-order valence-electron chi connectivity index (χ0n) is 15.4. The van der Waals surface area contributed by atoms with Crippen LogP contribution in [-0.4, -0.2) is 43.0 Å². The Labute approximate surface area is 162 Å². The van der Waals surface area contributed by atoms with Crippen molar-refractivity contribution in [3.63, 3.8) is 0 Å². The molecule has 2 aromatic carbocycles. The van der Waals surface area contributed by atoms with Crippen LogP contribution in [0.1, 0.15) is 16.1 Å². The topological polar surface area (TPSA) is 45.7 Å². The predicted molar refractivity (Wildman–Crippen MR) is 109 cm³/mol. The molecule has 0 N–H and O–H groups in total. The first-order valence-electron chi connectivity index (χ1n) is 8.84. The zero-order valence-corrected chi connectivity index (χ0v) is 16.2. The van der Waals surface area contributed by atoms with Crippen LogP contribution in [0.5, 0.6) is 5.75 Å². The highest BCUT2D eigenvalue weighted by Gasteiger charge is 2.24. The first-order chi connectivity index (χ1) is 13.2. The zero-order chi connectivity index (χ0) is 18.8. The van der Waals surface area contributed by atoms with Crippen LogP contribution in [0.15, 0.2) is 53.9 Å². The lowest BCUT2D eigenvalue weighted by Crippen LogP contribution is -2.34. The van der Waals surface area contributed by atoms with E-state index in [1.165, 1.54) is 17.0 Å². The number of nitrogens with zero attached hydrogens (tertiary/aromatic N) is 3. The molecule has 0 saturated carbocycles. The van der Waals surface area contributed by atoms with Crippen LogP contribution in [0.3, 0.4) is 0 Å². The van der Waals surface area contributed by atoms with Gasteiger partial charge in [-0.2, -0.15) is 0 Å². The highest BCUT2D eigenvalue weighted by Crippen LogP contribution is 2.28. The van der Waals surface area contributed by atoms with Crippen molar-refractivity contribution >= 4 is 22.9 Å². The molecular weight excluding hydrogens is 358 g/mol. The van der Waals surface area contributed by atoms with E-state index in [0.717, 1.165) is 28.4 Å². The minimum Gasteiger partial charge on any atom is -0.497 e. The van der Waals surface area contributed by atoms with Gasteiger partial charge in [0.2, 0.25) is 0 Å². The van der Waals surface area contributed by atoms with Gasteiger partial charge in [0, 0.05) is 43.3 Å². The second-order valence-corrected chi connectivity index (χ2v) is 7.40. The Kier molecular flexibility index (Phi) is 4.81. The van der Waals surface area contributed by atoms with Crippen LogP contribution in [0.2, 0.25) is 0 Å². The summed E-state index contributed by atoms with van der Waals surface area (Å²) in [4.78, 5) is 21.7. The van der Waals surface area contributed by atoms with Gasteiger partial charge in [0.25, 0.3) is 5.91 Å². The van der Waals surface area contributed by atoms with Crippen molar-refractivity contribution in [2.75, 3.05) is 32.1 Å². The van der Waals surface area contributed by atoms with Gasteiger partial charge in [0.05, 0.1) is 7.11 Å². The molecule has 138 valence electrons. The van der Waals surface area contributed by atoms with Crippen LogP contribution in [0.25, 0.3) is 10.6 Å². The number of methoxy groups -OCH3 is 1. The fourth-order valence-corrected chi connectivity index (χ4v) is 4.07. The molecule has 0 spiro atoms. The molecular formula is C21H21N3O2S. The fraction of sp³-hybridized carbons (Fsp3) is 0.238. The monoisotopic (exact) mass is 379 g/mol. The van der Waals surface area contributed by atoms with Crippen molar-refractivity contribution in [1.29, 1.82) is 0 Å². The van der Waals surface area contributed by atoms with Gasteiger partial charge in [-0.3, -0.25) is 4.79 Å². The molecule has 2 heterocycles. The summed E-state index contributed by atoms with van der Waals surface area (Å²) in [5.74, 6) is 0.787. The molecule has 1 aliphatic heterocycles. The Bertz CT molecular complexity index is 952. The Morgan fingerprint density at radius 3 is 2.67 bits per heavy atom. The third-order valence-corrected chi connectivity index (χ3v) is 5.71. The minimum atomic E-state index is -0.0175. The van der Waals surface area contributed by atoms with Crippen LogP contribution >= 0.6 is 11.3 Å². The molecule has 0 atom stereocenters. The van der Waals surface area contributed by atoms with Gasteiger partial charge in [0.1, 0.15) is 16.5 Å². The molecule has 0 fully saturated rings. The molecule has 0 aliphatic carbocycles. The van der Waals surface area contributed by atoms with E-state index in [1.54, 1.807) is 7.11 Å². The van der Waals surface area contributed by atoms with Crippen molar-refractivity contribution in [3.8, 4) is 16.3 Å². The lowest BCUT2D eigenvalue weighted by molar-refractivity contribution is 0.0746. The Balaban J connectivity index is 1.55. The smallest absolute Gasteiger partial charge is 0.273 e. The summed E-state index contributed by atoms with van der Waals surface area (Å²) in [5.41, 5.74) is 3.84. The van der Waals surface area contributed by atoms with Crippen LogP contribution in [0, 0.1) is 0 Å². The number of carbonyl (C=O) groups is 1. The first kappa shape index (κ1) is 17.5. The normalized spacial score (nSPS) is 13.9. The lowest BCUT2D eigenvalue weighted by Gasteiger charge is -2.20. The maximum absolute atomic E-state index is 13.0. The third kappa shape index (κ3) is 3.53. The quantitative estimate of drug-likeness (QED) is 0.692. The van der Waals surface area contributed by atoms with Crippen LogP contribution < -0.4 is 9.64 Å². The van der Waals surface area contributed by atoms with Gasteiger partial charge >= 0.3 is 0 Å². The van der Waals surface area contributed by atoms with Crippen molar-refractivity contribution in [2.24, 2.45) is 0 Å². The summed E-state index contributed by atoms with van der Waals surface area (Å²) < 4.78 is 5.20. The highest BCUT2D eigenvalue weighted by atomic mass is 32.1. The van der Waals surface area contributed by atoms with Crippen LogP contribution in [0.4, 0.5) is 5.69 Å². The molecule has 27 heavy (non-hydrogen) atoms. The van der Waals surface area contributed by atoms with Crippen molar-refractivity contribution in [2.45, 2.75) is 6.54 Å². The van der Waals surface area contributed by atoms with Gasteiger partial charge in [0.15, 0.2) is 0 Å². The first-order valence-corrected chi connectivity index (χ1v) is 9.72. The van der Waals surface area contributed by atoms with E-state index in [1.807, 2.05) is 46.7 Å². The van der Waals surface area contributed by atoms with Crippen LogP contribution in [-0.2, 0) is 6.54 Å². The second-order valence-electron chi connectivity index (χ2n) is 6.54. The number of rotatable bonds is 3. The number of aromatic nitrogens is 1. The average Bonchev–Trinajstić information content (AvgIpc) is 3.14. The van der Waals surface area contributed by atoms with E-state index in [4.69, 9.17) is 4.74 Å². The number of likely N-dealkylation sites (N-methyl/N-ethyl adjacent to an activating group) is 1. The summed E-state index contributed by atoms with van der Waals surface area (Å²) in [6.07, 6.45) is 0. The summed E-state index contributed by atoms with van der Waals surface area (Å²) in [5, 5.41) is 2.69. The van der Waals surface area contributed by atoms with Gasteiger partial charge in [-0.25, -0.2) is 4.98 Å². The van der Waals surface area contributed by atoms with Crippen molar-refractivity contribution < 1.29 is 9.53 Å². The number of para-hydroxylation sites is 1. The lowest BCUT2D eigenvalue weighted by atomic mass is 10.1. The summed E-state index contributed by atoms with van der Waals surface area (Å²) in [7, 11) is 3.71. The second kappa shape index (κ2) is 7.40. The number of thiazole rings is 1. The van der Waals surface area contributed by atoms with E-state index in [2.05, 4.69) is 29.1 Å². The number of ether oxygens (including phenoxy) is 1. The van der Waals surface area contributed by atoms with Crippen molar-refractivity contribution in [1.82, 2.24) is 9.88 Å². The summed E-state index contributed by atoms with van der Waals surface area (Å²) in [6.45, 7) is 2.09. The van der Waals surface area contributed by atoms with E-state index >= 15 is 0 Å². The van der Waals surface area contributed by atoms with E-state index < -0.39 is 0 Å². The molecule has 3 aromatic rings. The molecule has 0 bridgehead atoms. The molecule has 0 radical (unpaired) electrons. The largest absolute Gasteiger partial charge is 0.497 e. The SMILES string of the molecule is COc1ccc(-c2nc(C(=O)N3CCN(C)c4ccccc4C3)cs2)cc1. The standard InChI is InChI=1S/C21H21N3O2S/c1-23-11-12-24(13-16-5-3-4-6-19(16)23)21(25)18-14-27-20(22-18)15-7-9-17(26-2)10-8-15/h3-10,14H,11-13H2,1-2H3. The molecule has 1 aromatic heterocycles. The fourth-order valence-electron chi connectivity index (χ4n) is 3.27. The Hall–Kier alpha value is -2.86. The maximum atomic E-state index is 13.0. The molecule has 1 aliphatic rings. The summed E-state index contributed by atoms with van der Waals surface area (Å²) in [6, 6.07) is 16.0. The van der Waals surface area contributed by atoms with Gasteiger partial charge < -0.3 is 14.5 Å². The molecule has 6 heteroatoms. The molecule has 5 nitrogen and oxygen atoms in total.